The number of amides is 1. The second-order valence-corrected chi connectivity index (χ2v) is 4.34. The average Bonchev–Trinajstić information content (AvgIpc) is 3.19. The highest BCUT2D eigenvalue weighted by Crippen LogP contribution is 2.20. The SMILES string of the molecule is O=C(CNc1cc(C(=O)O)c([N+](=O)[O-])cn1)NC1CC1. The Hall–Kier alpha value is -2.71. The van der Waals surface area contributed by atoms with Crippen molar-refractivity contribution in [2.24, 2.45) is 0 Å². The van der Waals surface area contributed by atoms with E-state index < -0.39 is 22.1 Å². The number of hydrogen-bond donors (Lipinski definition) is 3. The maximum Gasteiger partial charge on any atom is 0.342 e. The molecule has 9 nitrogen and oxygen atoms in total. The molecule has 1 saturated carbocycles. The van der Waals surface area contributed by atoms with Gasteiger partial charge in [-0.2, -0.15) is 0 Å². The van der Waals surface area contributed by atoms with Crippen LogP contribution in [0.3, 0.4) is 0 Å². The molecule has 2 rings (SSSR count). The summed E-state index contributed by atoms with van der Waals surface area (Å²) in [6.45, 7) is -0.0691. The van der Waals surface area contributed by atoms with E-state index in [1.54, 1.807) is 0 Å². The van der Waals surface area contributed by atoms with Gasteiger partial charge in [-0.1, -0.05) is 0 Å². The van der Waals surface area contributed by atoms with Gasteiger partial charge in [-0.15, -0.1) is 0 Å². The first kappa shape index (κ1) is 13.7. The van der Waals surface area contributed by atoms with Crippen molar-refractivity contribution >= 4 is 23.4 Å². The lowest BCUT2D eigenvalue weighted by molar-refractivity contribution is -0.385. The van der Waals surface area contributed by atoms with Crippen LogP contribution in [0, 0.1) is 10.1 Å². The van der Waals surface area contributed by atoms with Crippen LogP contribution in [0.4, 0.5) is 11.5 Å². The largest absolute Gasteiger partial charge is 0.477 e. The summed E-state index contributed by atoms with van der Waals surface area (Å²) in [5.41, 5.74) is -1.07. The van der Waals surface area contributed by atoms with E-state index in [4.69, 9.17) is 5.11 Å². The molecule has 0 bridgehead atoms. The fraction of sp³-hybridized carbons (Fsp3) is 0.364. The number of carbonyl (C=O) groups is 2. The highest BCUT2D eigenvalue weighted by Gasteiger charge is 2.23. The van der Waals surface area contributed by atoms with E-state index in [1.807, 2.05) is 0 Å². The average molecular weight is 280 g/mol. The van der Waals surface area contributed by atoms with Crippen molar-refractivity contribution in [1.29, 1.82) is 0 Å². The summed E-state index contributed by atoms with van der Waals surface area (Å²) in [4.78, 5) is 35.9. The zero-order valence-electron chi connectivity index (χ0n) is 10.3. The van der Waals surface area contributed by atoms with Gasteiger partial charge in [0.25, 0.3) is 0 Å². The number of carboxylic acid groups (broad SMARTS) is 1. The number of carbonyl (C=O) groups excluding carboxylic acids is 1. The van der Waals surface area contributed by atoms with Crippen molar-refractivity contribution in [1.82, 2.24) is 10.3 Å². The molecule has 0 saturated heterocycles. The first-order chi connectivity index (χ1) is 9.47. The number of anilines is 1. The molecule has 20 heavy (non-hydrogen) atoms. The normalized spacial score (nSPS) is 13.6. The van der Waals surface area contributed by atoms with Crippen LogP contribution in [-0.2, 0) is 4.79 Å². The van der Waals surface area contributed by atoms with Gasteiger partial charge in [0.15, 0.2) is 0 Å². The van der Waals surface area contributed by atoms with Crippen LogP contribution < -0.4 is 10.6 Å². The van der Waals surface area contributed by atoms with Crippen LogP contribution in [0.1, 0.15) is 23.2 Å². The van der Waals surface area contributed by atoms with Gasteiger partial charge in [-0.05, 0) is 12.8 Å². The van der Waals surface area contributed by atoms with E-state index in [1.165, 1.54) is 0 Å². The van der Waals surface area contributed by atoms with Crippen LogP contribution in [-0.4, -0.2) is 39.5 Å². The van der Waals surface area contributed by atoms with Crippen molar-refractivity contribution in [3.8, 4) is 0 Å². The molecule has 0 atom stereocenters. The third-order valence-corrected chi connectivity index (χ3v) is 2.68. The maximum absolute atomic E-state index is 11.4. The van der Waals surface area contributed by atoms with Gasteiger partial charge in [0.05, 0.1) is 11.5 Å². The van der Waals surface area contributed by atoms with Gasteiger partial charge >= 0.3 is 11.7 Å². The van der Waals surface area contributed by atoms with Crippen molar-refractivity contribution < 1.29 is 19.6 Å². The highest BCUT2D eigenvalue weighted by atomic mass is 16.6. The Labute approximate surface area is 113 Å². The summed E-state index contributed by atoms with van der Waals surface area (Å²) >= 11 is 0. The number of nitrogens with zero attached hydrogens (tertiary/aromatic N) is 2. The summed E-state index contributed by atoms with van der Waals surface area (Å²) in [5.74, 6) is -1.56. The smallest absolute Gasteiger partial charge is 0.342 e. The van der Waals surface area contributed by atoms with E-state index >= 15 is 0 Å². The molecule has 0 spiro atoms. The molecular formula is C11H12N4O5. The molecule has 0 aliphatic heterocycles. The third-order valence-electron chi connectivity index (χ3n) is 2.68. The molecule has 0 radical (unpaired) electrons. The monoisotopic (exact) mass is 280 g/mol. The molecule has 9 heteroatoms. The van der Waals surface area contributed by atoms with Crippen LogP contribution >= 0.6 is 0 Å². The van der Waals surface area contributed by atoms with Crippen molar-refractivity contribution in [3.63, 3.8) is 0 Å². The third kappa shape index (κ3) is 3.40. The Bertz CT molecular complexity index is 570. The van der Waals surface area contributed by atoms with E-state index in [2.05, 4.69) is 15.6 Å². The predicted octanol–water partition coefficient (Wildman–Crippen LogP) is 0.378. The van der Waals surface area contributed by atoms with Crippen LogP contribution in [0.2, 0.25) is 0 Å². The number of rotatable bonds is 6. The lowest BCUT2D eigenvalue weighted by Crippen LogP contribution is -2.31. The molecule has 1 aliphatic rings. The molecule has 1 aromatic rings. The van der Waals surface area contributed by atoms with Crippen molar-refractivity contribution in [2.45, 2.75) is 18.9 Å². The Morgan fingerprint density at radius 3 is 2.75 bits per heavy atom. The van der Waals surface area contributed by atoms with E-state index in [0.717, 1.165) is 25.1 Å². The second-order valence-electron chi connectivity index (χ2n) is 4.34. The van der Waals surface area contributed by atoms with Crippen LogP contribution in [0.15, 0.2) is 12.3 Å². The summed E-state index contributed by atoms with van der Waals surface area (Å²) in [6, 6.07) is 1.26. The maximum atomic E-state index is 11.4. The molecule has 1 aromatic heterocycles. The Morgan fingerprint density at radius 2 is 2.20 bits per heavy atom. The van der Waals surface area contributed by atoms with Crippen molar-refractivity contribution in [2.75, 3.05) is 11.9 Å². The van der Waals surface area contributed by atoms with E-state index in [0.29, 0.717) is 0 Å². The topological polar surface area (TPSA) is 134 Å². The molecular weight excluding hydrogens is 268 g/mol. The number of aromatic carboxylic acids is 1. The zero-order valence-corrected chi connectivity index (χ0v) is 10.3. The Morgan fingerprint density at radius 1 is 1.50 bits per heavy atom. The second kappa shape index (κ2) is 5.51. The van der Waals surface area contributed by atoms with Crippen molar-refractivity contribution in [3.05, 3.63) is 27.9 Å². The fourth-order valence-corrected chi connectivity index (χ4v) is 1.54. The lowest BCUT2D eigenvalue weighted by Gasteiger charge is -2.07. The fourth-order valence-electron chi connectivity index (χ4n) is 1.54. The lowest BCUT2D eigenvalue weighted by atomic mass is 10.2. The number of nitro groups is 1. The predicted molar refractivity (Wildman–Crippen MR) is 67.5 cm³/mol. The number of nitrogens with one attached hydrogen (secondary N) is 2. The molecule has 1 fully saturated rings. The quantitative estimate of drug-likeness (QED) is 0.506. The molecule has 1 heterocycles. The Balaban J connectivity index is 2.04. The summed E-state index contributed by atoms with van der Waals surface area (Å²) < 4.78 is 0. The standard InChI is InChI=1S/C11H12N4O5/c16-10(14-6-1-2-6)5-13-9-3-7(11(17)18)8(4-12-9)15(19)20/h3-4,6H,1-2,5H2,(H,12,13)(H,14,16)(H,17,18). The van der Waals surface area contributed by atoms with Gasteiger partial charge in [0.1, 0.15) is 17.6 Å². The van der Waals surface area contributed by atoms with Gasteiger partial charge in [0.2, 0.25) is 5.91 Å². The van der Waals surface area contributed by atoms with Gasteiger partial charge in [-0.25, -0.2) is 9.78 Å². The summed E-state index contributed by atoms with van der Waals surface area (Å²) in [7, 11) is 0. The first-order valence-corrected chi connectivity index (χ1v) is 5.88. The minimum Gasteiger partial charge on any atom is -0.477 e. The summed E-state index contributed by atoms with van der Waals surface area (Å²) in [6.07, 6.45) is 2.78. The van der Waals surface area contributed by atoms with Gasteiger partial charge < -0.3 is 15.7 Å². The minimum atomic E-state index is -1.43. The number of aromatic nitrogens is 1. The molecule has 0 aromatic carbocycles. The van der Waals surface area contributed by atoms with Gasteiger partial charge in [-0.3, -0.25) is 14.9 Å². The number of pyridine rings is 1. The van der Waals surface area contributed by atoms with Gasteiger partial charge in [0, 0.05) is 12.1 Å². The molecule has 106 valence electrons. The molecule has 0 unspecified atom stereocenters. The molecule has 1 amide bonds. The number of hydrogen-bond acceptors (Lipinski definition) is 6. The Kier molecular flexibility index (Phi) is 3.78. The molecule has 1 aliphatic carbocycles. The minimum absolute atomic E-state index is 0.0691. The van der Waals surface area contributed by atoms with Crippen LogP contribution in [0.5, 0.6) is 0 Å². The molecule has 3 N–H and O–H groups in total. The zero-order chi connectivity index (χ0) is 14.7. The number of carboxylic acids is 1. The van der Waals surface area contributed by atoms with E-state index in [9.17, 15) is 19.7 Å². The highest BCUT2D eigenvalue weighted by molar-refractivity contribution is 5.93. The first-order valence-electron chi connectivity index (χ1n) is 5.88. The summed E-state index contributed by atoms with van der Waals surface area (Å²) in [5, 5.41) is 24.9. The van der Waals surface area contributed by atoms with E-state index in [-0.39, 0.29) is 24.3 Å². The van der Waals surface area contributed by atoms with Crippen LogP contribution in [0.25, 0.3) is 0 Å².